The van der Waals surface area contributed by atoms with Gasteiger partial charge in [0.1, 0.15) is 0 Å². The number of para-hydroxylation sites is 1. The smallest absolute Gasteiger partial charge is 0.0738 e. The van der Waals surface area contributed by atoms with Gasteiger partial charge in [0.05, 0.1) is 16.6 Å². The lowest BCUT2D eigenvalue weighted by atomic mass is 10.0. The van der Waals surface area contributed by atoms with Gasteiger partial charge in [0.25, 0.3) is 0 Å². The summed E-state index contributed by atoms with van der Waals surface area (Å²) in [7, 11) is 0. The summed E-state index contributed by atoms with van der Waals surface area (Å²) in [5.74, 6) is 0. The molecule has 0 aliphatic heterocycles. The van der Waals surface area contributed by atoms with E-state index in [4.69, 9.17) is 4.98 Å². The van der Waals surface area contributed by atoms with E-state index in [9.17, 15) is 0 Å². The van der Waals surface area contributed by atoms with Gasteiger partial charge in [0.15, 0.2) is 0 Å². The Morgan fingerprint density at radius 2 is 1.18 bits per heavy atom. The van der Waals surface area contributed by atoms with Gasteiger partial charge in [-0.1, -0.05) is 103 Å². The molecule has 2 aromatic heterocycles. The maximum Gasteiger partial charge on any atom is 0.0738 e. The van der Waals surface area contributed by atoms with Crippen molar-refractivity contribution in [1.29, 1.82) is 0 Å². The molecule has 0 spiro atoms. The molecule has 0 bridgehead atoms. The highest BCUT2D eigenvalue weighted by Gasteiger charge is 2.19. The van der Waals surface area contributed by atoms with Gasteiger partial charge in [-0.05, 0) is 63.0 Å². The monoisotopic (exact) mass is 528 g/mol. The normalized spacial score (nSPS) is 11.5. The zero-order valence-electron chi connectivity index (χ0n) is 21.7. The maximum absolute atomic E-state index is 4.72. The van der Waals surface area contributed by atoms with Gasteiger partial charge in [-0.15, -0.1) is 11.3 Å². The molecule has 0 amide bonds. The molecule has 0 saturated carbocycles. The topological polar surface area (TPSA) is 16.1 Å². The Bertz CT molecular complexity index is 2160. The number of hydrogen-bond acceptors (Lipinski definition) is 3. The average Bonchev–Trinajstić information content (AvgIpc) is 3.42. The highest BCUT2D eigenvalue weighted by molar-refractivity contribution is 7.26. The highest BCUT2D eigenvalue weighted by Crippen LogP contribution is 2.46. The molecule has 8 aromatic rings. The van der Waals surface area contributed by atoms with Gasteiger partial charge in [0.2, 0.25) is 0 Å². The third-order valence-electron chi connectivity index (χ3n) is 7.72. The fourth-order valence-corrected chi connectivity index (χ4v) is 7.01. The minimum absolute atomic E-state index is 1.09. The Morgan fingerprint density at radius 1 is 0.500 bits per heavy atom. The van der Waals surface area contributed by atoms with Crippen LogP contribution >= 0.6 is 11.3 Å². The molecule has 0 radical (unpaired) electrons. The Kier molecular flexibility index (Phi) is 5.35. The first-order valence-corrected chi connectivity index (χ1v) is 14.3. The van der Waals surface area contributed by atoms with Crippen LogP contribution in [0.3, 0.4) is 0 Å². The number of hydrogen-bond donors (Lipinski definition) is 0. The summed E-state index contributed by atoms with van der Waals surface area (Å²) < 4.78 is 2.50. The van der Waals surface area contributed by atoms with Crippen molar-refractivity contribution in [3.63, 3.8) is 0 Å². The number of fused-ring (bicyclic) bond motifs is 6. The average molecular weight is 529 g/mol. The number of aromatic nitrogens is 1. The number of benzene rings is 6. The molecule has 0 fully saturated rings. The summed E-state index contributed by atoms with van der Waals surface area (Å²) in [5, 5.41) is 7.57. The van der Waals surface area contributed by atoms with E-state index in [2.05, 4.69) is 138 Å². The molecule has 3 heteroatoms. The second-order valence-electron chi connectivity index (χ2n) is 10.1. The lowest BCUT2D eigenvalue weighted by molar-refractivity contribution is 1.26. The van der Waals surface area contributed by atoms with E-state index >= 15 is 0 Å². The molecule has 0 aliphatic carbocycles. The van der Waals surface area contributed by atoms with Crippen LogP contribution in [0.4, 0.5) is 17.1 Å². The van der Waals surface area contributed by atoms with E-state index in [0.717, 1.165) is 17.1 Å². The summed E-state index contributed by atoms with van der Waals surface area (Å²) in [6.07, 6.45) is 4.01. The Hall–Kier alpha value is -4.99. The molecule has 6 aromatic carbocycles. The number of nitrogens with zero attached hydrogens (tertiary/aromatic N) is 2. The number of pyridine rings is 1. The standard InChI is InChI=1S/C37H24N2S/c1-2-11-30(12-3-1)39(31-19-16-26(17-20-31)29-15-14-25-8-4-5-10-28(25)22-29)34-23-38-24-35-36(34)33-21-18-27-9-6-7-13-32(27)37(33)40-35/h1-24H. The molecular formula is C37H24N2S. The number of rotatable bonds is 4. The van der Waals surface area contributed by atoms with Gasteiger partial charge in [-0.3, -0.25) is 4.98 Å². The molecule has 40 heavy (non-hydrogen) atoms. The second kappa shape index (κ2) is 9.33. The molecular weight excluding hydrogens is 504 g/mol. The summed E-state index contributed by atoms with van der Waals surface area (Å²) >= 11 is 1.82. The molecule has 0 N–H and O–H groups in total. The maximum atomic E-state index is 4.72. The van der Waals surface area contributed by atoms with Crippen molar-refractivity contribution in [3.8, 4) is 11.1 Å². The van der Waals surface area contributed by atoms with Crippen LogP contribution in [-0.2, 0) is 0 Å². The van der Waals surface area contributed by atoms with Crippen molar-refractivity contribution < 1.29 is 0 Å². The molecule has 0 atom stereocenters. The molecule has 0 aliphatic rings. The van der Waals surface area contributed by atoms with Crippen molar-refractivity contribution >= 4 is 70.1 Å². The SMILES string of the molecule is c1ccc(N(c2ccc(-c3ccc4ccccc4c3)cc2)c2cncc3sc4c5ccccc5ccc4c23)cc1. The first kappa shape index (κ1) is 22.9. The summed E-state index contributed by atoms with van der Waals surface area (Å²) in [4.78, 5) is 7.06. The quantitative estimate of drug-likeness (QED) is 0.226. The Morgan fingerprint density at radius 3 is 2.02 bits per heavy atom. The molecule has 0 saturated heterocycles. The zero-order valence-corrected chi connectivity index (χ0v) is 22.5. The molecule has 2 heterocycles. The van der Waals surface area contributed by atoms with Gasteiger partial charge >= 0.3 is 0 Å². The fourth-order valence-electron chi connectivity index (χ4n) is 5.78. The van der Waals surface area contributed by atoms with Crippen molar-refractivity contribution in [2.45, 2.75) is 0 Å². The summed E-state index contributed by atoms with van der Waals surface area (Å²) in [5.41, 5.74) is 5.71. The van der Waals surface area contributed by atoms with E-state index in [1.807, 2.05) is 23.7 Å². The summed E-state index contributed by atoms with van der Waals surface area (Å²) in [6.45, 7) is 0. The molecule has 188 valence electrons. The fraction of sp³-hybridized carbons (Fsp3) is 0. The van der Waals surface area contributed by atoms with Crippen LogP contribution in [-0.4, -0.2) is 4.98 Å². The van der Waals surface area contributed by atoms with E-state index < -0.39 is 0 Å². The van der Waals surface area contributed by atoms with Gasteiger partial charge in [0, 0.05) is 33.0 Å². The predicted molar refractivity (Wildman–Crippen MR) is 172 cm³/mol. The van der Waals surface area contributed by atoms with E-state index in [0.29, 0.717) is 0 Å². The largest absolute Gasteiger partial charge is 0.308 e. The van der Waals surface area contributed by atoms with Crippen LogP contribution in [0.1, 0.15) is 0 Å². The predicted octanol–water partition coefficient (Wildman–Crippen LogP) is 10.9. The highest BCUT2D eigenvalue weighted by atomic mass is 32.1. The van der Waals surface area contributed by atoms with Crippen LogP contribution in [0, 0.1) is 0 Å². The molecule has 8 rings (SSSR count). The Balaban J connectivity index is 1.31. The van der Waals surface area contributed by atoms with Crippen LogP contribution in [0.2, 0.25) is 0 Å². The van der Waals surface area contributed by atoms with Gasteiger partial charge < -0.3 is 4.90 Å². The number of anilines is 3. The number of thiophene rings is 1. The van der Waals surface area contributed by atoms with Crippen molar-refractivity contribution in [1.82, 2.24) is 4.98 Å². The first-order chi connectivity index (χ1) is 19.8. The Labute approximate surface area is 236 Å². The molecule has 0 unspecified atom stereocenters. The summed E-state index contributed by atoms with van der Waals surface area (Å²) in [6, 6.07) is 47.8. The third-order valence-corrected chi connectivity index (χ3v) is 8.89. The van der Waals surface area contributed by atoms with Crippen LogP contribution in [0.25, 0.3) is 52.8 Å². The van der Waals surface area contributed by atoms with E-state index in [1.54, 1.807) is 0 Å². The lowest BCUT2D eigenvalue weighted by Gasteiger charge is -2.26. The van der Waals surface area contributed by atoms with Crippen molar-refractivity contribution in [2.75, 3.05) is 4.90 Å². The molecule has 2 nitrogen and oxygen atoms in total. The lowest BCUT2D eigenvalue weighted by Crippen LogP contribution is -2.10. The van der Waals surface area contributed by atoms with E-state index in [-0.39, 0.29) is 0 Å². The zero-order chi connectivity index (χ0) is 26.5. The van der Waals surface area contributed by atoms with Crippen molar-refractivity contribution in [2.24, 2.45) is 0 Å². The second-order valence-corrected chi connectivity index (χ2v) is 11.1. The minimum Gasteiger partial charge on any atom is -0.308 e. The van der Waals surface area contributed by atoms with Gasteiger partial charge in [-0.2, -0.15) is 0 Å². The van der Waals surface area contributed by atoms with Gasteiger partial charge in [-0.25, -0.2) is 0 Å². The van der Waals surface area contributed by atoms with Crippen molar-refractivity contribution in [3.05, 3.63) is 146 Å². The first-order valence-electron chi connectivity index (χ1n) is 13.5. The minimum atomic E-state index is 1.09. The van der Waals surface area contributed by atoms with Crippen LogP contribution in [0.15, 0.2) is 146 Å². The van der Waals surface area contributed by atoms with Crippen LogP contribution < -0.4 is 4.90 Å². The third kappa shape index (κ3) is 3.75. The van der Waals surface area contributed by atoms with E-state index in [1.165, 1.54) is 52.8 Å². The van der Waals surface area contributed by atoms with Crippen LogP contribution in [0.5, 0.6) is 0 Å².